The fraction of sp³-hybridized carbons (Fsp3) is 0.538. The third-order valence-corrected chi connectivity index (χ3v) is 4.09. The number of benzene rings is 1. The van der Waals surface area contributed by atoms with E-state index in [-0.39, 0.29) is 5.60 Å². The molecule has 0 unspecified atom stereocenters. The Hall–Kier alpha value is -0.860. The minimum atomic E-state index is -0.325. The zero-order chi connectivity index (χ0) is 10.4. The molecule has 2 aliphatic heterocycles. The van der Waals surface area contributed by atoms with Gasteiger partial charge < -0.3 is 9.59 Å². The van der Waals surface area contributed by atoms with Crippen LogP contribution < -0.4 is 0 Å². The van der Waals surface area contributed by atoms with Gasteiger partial charge in [0.25, 0.3) is 0 Å². The van der Waals surface area contributed by atoms with E-state index in [0.717, 1.165) is 43.5 Å². The van der Waals surface area contributed by atoms with E-state index in [0.29, 0.717) is 0 Å². The molecule has 3 rings (SSSR count). The Morgan fingerprint density at radius 3 is 2.33 bits per heavy atom. The van der Waals surface area contributed by atoms with E-state index in [2.05, 4.69) is 30.3 Å². The molecule has 2 saturated heterocycles. The summed E-state index contributed by atoms with van der Waals surface area (Å²) in [6, 6.07) is 10.7. The summed E-state index contributed by atoms with van der Waals surface area (Å²) in [7, 11) is 0. The van der Waals surface area contributed by atoms with Crippen LogP contribution in [0.25, 0.3) is 0 Å². The summed E-state index contributed by atoms with van der Waals surface area (Å²) in [5, 5.41) is 10.2. The van der Waals surface area contributed by atoms with Crippen LogP contribution in [0.3, 0.4) is 0 Å². The Bertz CT molecular complexity index is 352. The minimum absolute atomic E-state index is 0.325. The highest BCUT2D eigenvalue weighted by Gasteiger charge is 2.54. The molecule has 2 aliphatic rings. The quantitative estimate of drug-likeness (QED) is 0.725. The minimum Gasteiger partial charge on any atom is -0.384 e. The maximum absolute atomic E-state index is 10.2. The molecule has 2 heterocycles. The number of fused-ring (bicyclic) bond motifs is 2. The van der Waals surface area contributed by atoms with Crippen molar-refractivity contribution in [3.8, 4) is 0 Å². The maximum Gasteiger partial charge on any atom is 0.124 e. The van der Waals surface area contributed by atoms with E-state index in [9.17, 15) is 5.11 Å². The predicted molar refractivity (Wildman–Crippen MR) is 59.2 cm³/mol. The smallest absolute Gasteiger partial charge is 0.124 e. The lowest BCUT2D eigenvalue weighted by Crippen LogP contribution is -2.42. The molecule has 2 fully saturated rings. The zero-order valence-corrected chi connectivity index (χ0v) is 9.02. The molecule has 2 nitrogen and oxygen atoms in total. The van der Waals surface area contributed by atoms with E-state index in [4.69, 9.17) is 0 Å². The van der Waals surface area contributed by atoms with E-state index in [1.54, 1.807) is 0 Å². The molecule has 0 radical (unpaired) electrons. The third-order valence-electron chi connectivity index (χ3n) is 4.09. The van der Waals surface area contributed by atoms with E-state index < -0.39 is 0 Å². The van der Waals surface area contributed by atoms with Gasteiger partial charge in [0, 0.05) is 18.4 Å². The lowest BCUT2D eigenvalue weighted by molar-refractivity contribution is -0.922. The molecule has 0 aliphatic carbocycles. The van der Waals surface area contributed by atoms with Crippen molar-refractivity contribution in [3.05, 3.63) is 35.9 Å². The van der Waals surface area contributed by atoms with Crippen molar-refractivity contribution in [2.24, 2.45) is 0 Å². The highest BCUT2D eigenvalue weighted by molar-refractivity contribution is 5.13. The summed E-state index contributed by atoms with van der Waals surface area (Å²) in [6.07, 6.45) is 2.00. The number of nitrogens with zero attached hydrogens (tertiary/aromatic N) is 1. The van der Waals surface area contributed by atoms with Crippen LogP contribution in [0.4, 0.5) is 0 Å². The molecule has 0 aromatic heterocycles. The zero-order valence-electron chi connectivity index (χ0n) is 9.02. The normalized spacial score (nSPS) is 38.5. The van der Waals surface area contributed by atoms with Gasteiger partial charge in [-0.25, -0.2) is 0 Å². The number of aliphatic hydroxyl groups is 1. The van der Waals surface area contributed by atoms with Crippen LogP contribution in [0.15, 0.2) is 30.3 Å². The van der Waals surface area contributed by atoms with Gasteiger partial charge in [-0.05, 0) is 0 Å². The summed E-state index contributed by atoms with van der Waals surface area (Å²) >= 11 is 0. The lowest BCUT2D eigenvalue weighted by Gasteiger charge is -2.31. The lowest BCUT2D eigenvalue weighted by atomic mass is 10.0. The second-order valence-corrected chi connectivity index (χ2v) is 5.32. The van der Waals surface area contributed by atoms with E-state index in [1.165, 1.54) is 5.56 Å². The first kappa shape index (κ1) is 9.37. The molecule has 0 atom stereocenters. The third kappa shape index (κ3) is 1.58. The summed E-state index contributed by atoms with van der Waals surface area (Å²) < 4.78 is 1.11. The monoisotopic (exact) mass is 204 g/mol. The second kappa shape index (κ2) is 3.06. The molecule has 1 N–H and O–H groups in total. The molecule has 0 saturated carbocycles. The number of hydrogen-bond acceptors (Lipinski definition) is 1. The largest absolute Gasteiger partial charge is 0.384 e. The van der Waals surface area contributed by atoms with Crippen LogP contribution in [0, 0.1) is 0 Å². The Morgan fingerprint density at radius 2 is 1.80 bits per heavy atom. The van der Waals surface area contributed by atoms with Crippen molar-refractivity contribution in [3.63, 3.8) is 0 Å². The van der Waals surface area contributed by atoms with Gasteiger partial charge in [-0.15, -0.1) is 0 Å². The molecule has 80 valence electrons. The first-order valence-corrected chi connectivity index (χ1v) is 5.81. The van der Waals surface area contributed by atoms with Crippen LogP contribution in [0.2, 0.25) is 0 Å². The summed E-state index contributed by atoms with van der Waals surface area (Å²) in [5.41, 5.74) is 1.08. The van der Waals surface area contributed by atoms with Crippen LogP contribution in [0.5, 0.6) is 0 Å². The van der Waals surface area contributed by atoms with Gasteiger partial charge in [0.05, 0.1) is 13.1 Å². The Kier molecular flexibility index (Phi) is 1.91. The summed E-state index contributed by atoms with van der Waals surface area (Å²) in [6.45, 7) is 4.39. The van der Waals surface area contributed by atoms with Gasteiger partial charge in [0.1, 0.15) is 18.7 Å². The van der Waals surface area contributed by atoms with Crippen LogP contribution in [-0.2, 0) is 6.54 Å². The van der Waals surface area contributed by atoms with E-state index >= 15 is 0 Å². The molecule has 2 heteroatoms. The van der Waals surface area contributed by atoms with Gasteiger partial charge in [0.2, 0.25) is 0 Å². The predicted octanol–water partition coefficient (Wildman–Crippen LogP) is 1.54. The van der Waals surface area contributed by atoms with Crippen molar-refractivity contribution in [1.82, 2.24) is 0 Å². The Balaban J connectivity index is 1.80. The van der Waals surface area contributed by atoms with Gasteiger partial charge in [0.15, 0.2) is 0 Å². The van der Waals surface area contributed by atoms with Crippen LogP contribution in [0.1, 0.15) is 18.4 Å². The van der Waals surface area contributed by atoms with Gasteiger partial charge in [-0.1, -0.05) is 30.3 Å². The fourth-order valence-electron chi connectivity index (χ4n) is 3.25. The SMILES string of the molecule is OC12CC[N+](Cc3ccccc3)(CC1)C2. The van der Waals surface area contributed by atoms with Crippen LogP contribution >= 0.6 is 0 Å². The standard InChI is InChI=1S/C13H18NO/c15-13-6-8-14(11-13,9-7-13)10-12-4-2-1-3-5-12/h1-5,15H,6-11H2/q+1. The summed E-state index contributed by atoms with van der Waals surface area (Å²) in [4.78, 5) is 0. The topological polar surface area (TPSA) is 20.2 Å². The molecule has 1 aromatic carbocycles. The molecule has 15 heavy (non-hydrogen) atoms. The Morgan fingerprint density at radius 1 is 1.13 bits per heavy atom. The van der Waals surface area contributed by atoms with Crippen molar-refractivity contribution in [2.45, 2.75) is 25.0 Å². The molecule has 1 aromatic rings. The fourth-order valence-corrected chi connectivity index (χ4v) is 3.25. The average molecular weight is 204 g/mol. The number of hydrogen-bond donors (Lipinski definition) is 1. The summed E-state index contributed by atoms with van der Waals surface area (Å²) in [5.74, 6) is 0. The average Bonchev–Trinajstić information content (AvgIpc) is 2.73. The number of piperidine rings is 1. The van der Waals surface area contributed by atoms with Gasteiger partial charge in [-0.3, -0.25) is 0 Å². The van der Waals surface area contributed by atoms with Gasteiger partial charge >= 0.3 is 0 Å². The molecular formula is C13H18NO+. The highest BCUT2D eigenvalue weighted by Crippen LogP contribution is 2.39. The van der Waals surface area contributed by atoms with E-state index in [1.807, 2.05) is 0 Å². The second-order valence-electron chi connectivity index (χ2n) is 5.32. The molecule has 2 bridgehead atoms. The molecular weight excluding hydrogens is 186 g/mol. The first-order chi connectivity index (χ1) is 7.20. The number of quaternary nitrogens is 1. The number of rotatable bonds is 2. The van der Waals surface area contributed by atoms with Crippen LogP contribution in [-0.4, -0.2) is 34.8 Å². The van der Waals surface area contributed by atoms with Crippen molar-refractivity contribution in [2.75, 3.05) is 19.6 Å². The maximum atomic E-state index is 10.2. The molecule has 0 spiro atoms. The molecule has 0 amide bonds. The Labute approximate surface area is 90.7 Å². The van der Waals surface area contributed by atoms with Crippen molar-refractivity contribution < 1.29 is 9.59 Å². The first-order valence-electron chi connectivity index (χ1n) is 5.81. The highest BCUT2D eigenvalue weighted by atomic mass is 16.3. The van der Waals surface area contributed by atoms with Crippen molar-refractivity contribution in [1.29, 1.82) is 0 Å². The van der Waals surface area contributed by atoms with Gasteiger partial charge in [-0.2, -0.15) is 0 Å². The van der Waals surface area contributed by atoms with Crippen molar-refractivity contribution >= 4 is 0 Å².